The fourth-order valence-corrected chi connectivity index (χ4v) is 1.75. The first-order valence-electron chi connectivity index (χ1n) is 6.93. The molecule has 0 unspecified atom stereocenters. The normalized spacial score (nSPS) is 9.57. The van der Waals surface area contributed by atoms with Gasteiger partial charge in [0.15, 0.2) is 0 Å². The van der Waals surface area contributed by atoms with Crippen molar-refractivity contribution in [1.82, 2.24) is 5.48 Å². The van der Waals surface area contributed by atoms with Crippen LogP contribution in [0, 0.1) is 0 Å². The number of amides is 1. The molecule has 6 heteroatoms. The molecule has 1 rings (SSSR count). The third-order valence-electron chi connectivity index (χ3n) is 2.89. The number of hydroxylamine groups is 1. The number of phenols is 1. The van der Waals surface area contributed by atoms with E-state index in [1.807, 2.05) is 5.48 Å². The van der Waals surface area contributed by atoms with Gasteiger partial charge in [0.25, 0.3) is 5.91 Å². The second kappa shape index (κ2) is 11.6. The second-order valence-electron chi connectivity index (χ2n) is 4.59. The molecule has 0 saturated carbocycles. The molecule has 0 radical (unpaired) electrons. The third kappa shape index (κ3) is 8.09. The monoisotopic (exact) mass is 303 g/mol. The van der Waals surface area contributed by atoms with Crippen LogP contribution in [-0.2, 0) is 9.63 Å². The molecule has 0 aliphatic carbocycles. The van der Waals surface area contributed by atoms with Crippen molar-refractivity contribution in [3.8, 4) is 5.75 Å². The van der Waals surface area contributed by atoms with Crippen molar-refractivity contribution >= 4 is 41.4 Å². The van der Waals surface area contributed by atoms with Crippen LogP contribution in [0.4, 0.5) is 0 Å². The number of unbranched alkanes of at least 4 members (excludes halogenated alkanes) is 4. The molecule has 0 bridgehead atoms. The summed E-state index contributed by atoms with van der Waals surface area (Å²) in [5, 5.41) is 9.47. The number of carbonyl (C=O) groups is 2. The predicted octanol–water partition coefficient (Wildman–Crippen LogP) is 2.29. The van der Waals surface area contributed by atoms with Crippen molar-refractivity contribution in [3.05, 3.63) is 29.8 Å². The number of hydrogen-bond acceptors (Lipinski definition) is 4. The number of nitrogens with one attached hydrogen (secondary N) is 1. The summed E-state index contributed by atoms with van der Waals surface area (Å²) in [7, 11) is 0. The van der Waals surface area contributed by atoms with Gasteiger partial charge in [0, 0.05) is 6.42 Å². The Labute approximate surface area is 147 Å². The maximum absolute atomic E-state index is 11.6. The number of rotatable bonds is 7. The summed E-state index contributed by atoms with van der Waals surface area (Å²) in [4.78, 5) is 27.7. The van der Waals surface area contributed by atoms with Gasteiger partial charge < -0.3 is 9.94 Å². The van der Waals surface area contributed by atoms with E-state index in [9.17, 15) is 14.7 Å². The van der Waals surface area contributed by atoms with E-state index in [1.54, 1.807) is 12.1 Å². The minimum atomic E-state index is -0.637. The van der Waals surface area contributed by atoms with Gasteiger partial charge in [0.1, 0.15) is 5.75 Å². The van der Waals surface area contributed by atoms with Gasteiger partial charge in [0.2, 0.25) is 0 Å². The second-order valence-corrected chi connectivity index (χ2v) is 4.59. The molecule has 0 spiro atoms. The summed E-state index contributed by atoms with van der Waals surface area (Å²) >= 11 is 0. The molecule has 0 atom stereocenters. The number of para-hydroxylation sites is 1. The van der Waals surface area contributed by atoms with E-state index >= 15 is 0 Å². The summed E-state index contributed by atoms with van der Waals surface area (Å²) in [6.07, 6.45) is 5.45. The molecule has 0 fully saturated rings. The SMILES string of the molecule is CCCCCCCC(=O)ONC(=O)c1ccccc1O.[NaH]. The molecule has 0 aromatic heterocycles. The molecule has 21 heavy (non-hydrogen) atoms. The topological polar surface area (TPSA) is 75.6 Å². The van der Waals surface area contributed by atoms with E-state index in [0.717, 1.165) is 25.7 Å². The summed E-state index contributed by atoms with van der Waals surface area (Å²) in [6.45, 7) is 2.13. The molecule has 1 aromatic rings. The molecule has 1 aromatic carbocycles. The number of aromatic hydroxyl groups is 1. The third-order valence-corrected chi connectivity index (χ3v) is 2.89. The van der Waals surface area contributed by atoms with Gasteiger partial charge in [-0.05, 0) is 18.6 Å². The van der Waals surface area contributed by atoms with Crippen LogP contribution < -0.4 is 5.48 Å². The molecule has 2 N–H and O–H groups in total. The standard InChI is InChI=1S/C15H21NO4.Na.H/c1-2-3-4-5-6-11-14(18)20-16-15(19)12-9-7-8-10-13(12)17;;/h7-10,17H,2-6,11H2,1H3,(H,16,19);;. The first-order chi connectivity index (χ1) is 9.65. The van der Waals surface area contributed by atoms with E-state index < -0.39 is 11.9 Å². The van der Waals surface area contributed by atoms with Crippen molar-refractivity contribution in [2.75, 3.05) is 0 Å². The van der Waals surface area contributed by atoms with Crippen LogP contribution in [0.5, 0.6) is 5.75 Å². The molecule has 0 saturated heterocycles. The molecule has 112 valence electrons. The van der Waals surface area contributed by atoms with E-state index in [1.165, 1.54) is 18.6 Å². The van der Waals surface area contributed by atoms with Crippen molar-refractivity contribution in [2.45, 2.75) is 45.4 Å². The van der Waals surface area contributed by atoms with Gasteiger partial charge in [-0.2, -0.15) is 5.48 Å². The molecule has 5 nitrogen and oxygen atoms in total. The number of phenolic OH excluding ortho intramolecular Hbond substituents is 1. The Morgan fingerprint density at radius 1 is 1.14 bits per heavy atom. The molecule has 1 amide bonds. The molecule has 0 aliphatic heterocycles. The zero-order valence-electron chi connectivity index (χ0n) is 11.7. The fourth-order valence-electron chi connectivity index (χ4n) is 1.75. The van der Waals surface area contributed by atoms with Gasteiger partial charge >= 0.3 is 35.5 Å². The number of carbonyl (C=O) groups excluding carboxylic acids is 2. The molecule has 0 heterocycles. The zero-order chi connectivity index (χ0) is 14.8. The fraction of sp³-hybridized carbons (Fsp3) is 0.467. The minimum absolute atomic E-state index is 0. The van der Waals surface area contributed by atoms with Crippen LogP contribution in [0.1, 0.15) is 55.8 Å². The maximum atomic E-state index is 11.6. The van der Waals surface area contributed by atoms with Crippen LogP contribution in [0.3, 0.4) is 0 Å². The van der Waals surface area contributed by atoms with Gasteiger partial charge in [-0.15, -0.1) is 0 Å². The average Bonchev–Trinajstić information content (AvgIpc) is 2.45. The molecular weight excluding hydrogens is 281 g/mol. The Kier molecular flexibility index (Phi) is 11.0. The first kappa shape index (κ1) is 20.0. The summed E-state index contributed by atoms with van der Waals surface area (Å²) < 4.78 is 0. The Bertz CT molecular complexity index is 451. The molecular formula is C15H22NNaO4. The Morgan fingerprint density at radius 3 is 2.48 bits per heavy atom. The van der Waals surface area contributed by atoms with Crippen LogP contribution in [0.25, 0.3) is 0 Å². The Morgan fingerprint density at radius 2 is 1.81 bits per heavy atom. The van der Waals surface area contributed by atoms with E-state index in [0.29, 0.717) is 0 Å². The van der Waals surface area contributed by atoms with Gasteiger partial charge in [-0.3, -0.25) is 4.79 Å². The molecule has 0 aliphatic rings. The first-order valence-corrected chi connectivity index (χ1v) is 6.93. The number of benzene rings is 1. The van der Waals surface area contributed by atoms with Crippen LogP contribution >= 0.6 is 0 Å². The van der Waals surface area contributed by atoms with Crippen LogP contribution in [0.15, 0.2) is 24.3 Å². The van der Waals surface area contributed by atoms with E-state index in [-0.39, 0.29) is 47.3 Å². The van der Waals surface area contributed by atoms with Gasteiger partial charge in [0.05, 0.1) is 5.56 Å². The van der Waals surface area contributed by atoms with Crippen LogP contribution in [0.2, 0.25) is 0 Å². The Hall–Kier alpha value is -1.04. The van der Waals surface area contributed by atoms with E-state index in [4.69, 9.17) is 0 Å². The Balaban J connectivity index is 0.00000400. The van der Waals surface area contributed by atoms with Crippen molar-refractivity contribution < 1.29 is 19.5 Å². The summed E-state index contributed by atoms with van der Waals surface area (Å²) in [5.41, 5.74) is 2.12. The van der Waals surface area contributed by atoms with Crippen molar-refractivity contribution in [2.24, 2.45) is 0 Å². The van der Waals surface area contributed by atoms with E-state index in [2.05, 4.69) is 11.8 Å². The quantitative estimate of drug-likeness (QED) is 0.460. The average molecular weight is 303 g/mol. The predicted molar refractivity (Wildman–Crippen MR) is 82.2 cm³/mol. The zero-order valence-corrected chi connectivity index (χ0v) is 11.7. The van der Waals surface area contributed by atoms with Crippen molar-refractivity contribution in [1.29, 1.82) is 0 Å². The van der Waals surface area contributed by atoms with Gasteiger partial charge in [-0.25, -0.2) is 4.79 Å². The van der Waals surface area contributed by atoms with Gasteiger partial charge in [-0.1, -0.05) is 44.7 Å². The summed E-state index contributed by atoms with van der Waals surface area (Å²) in [5.74, 6) is -1.26. The number of hydrogen-bond donors (Lipinski definition) is 2. The summed E-state index contributed by atoms with van der Waals surface area (Å²) in [6, 6.07) is 6.06. The van der Waals surface area contributed by atoms with Crippen LogP contribution in [-0.4, -0.2) is 46.5 Å². The van der Waals surface area contributed by atoms with Crippen molar-refractivity contribution in [3.63, 3.8) is 0 Å².